The van der Waals surface area contributed by atoms with E-state index >= 15 is 0 Å². The first-order chi connectivity index (χ1) is 24.3. The number of benzene rings is 3. The van der Waals surface area contributed by atoms with Gasteiger partial charge in [0.25, 0.3) is 5.91 Å². The van der Waals surface area contributed by atoms with Crippen molar-refractivity contribution >= 4 is 29.6 Å². The minimum absolute atomic E-state index is 0.0303. The van der Waals surface area contributed by atoms with Crippen LogP contribution >= 0.6 is 0 Å². The van der Waals surface area contributed by atoms with E-state index in [0.717, 1.165) is 29.8 Å². The van der Waals surface area contributed by atoms with Gasteiger partial charge in [-0.25, -0.2) is 14.4 Å². The highest BCUT2D eigenvalue weighted by Crippen LogP contribution is 2.28. The number of likely N-dealkylation sites (tertiary alicyclic amines) is 2. The van der Waals surface area contributed by atoms with E-state index in [-0.39, 0.29) is 24.9 Å². The molecule has 2 heterocycles. The summed E-state index contributed by atoms with van der Waals surface area (Å²) in [6, 6.07) is 24.6. The number of alkyl halides is 3. The van der Waals surface area contributed by atoms with E-state index in [1.54, 1.807) is 24.1 Å². The third kappa shape index (κ3) is 10.1. The van der Waals surface area contributed by atoms with Crippen molar-refractivity contribution < 1.29 is 41.8 Å². The molecule has 0 aliphatic carbocycles. The van der Waals surface area contributed by atoms with E-state index < -0.39 is 29.7 Å². The molecule has 0 aromatic heterocycles. The number of rotatable bonds is 10. The summed E-state index contributed by atoms with van der Waals surface area (Å²) in [6.45, 7) is 3.80. The number of carbonyl (C=O) groups excluding carboxylic acids is 4. The normalized spacial score (nSPS) is 17.0. The highest BCUT2D eigenvalue weighted by molar-refractivity contribution is 5.94. The number of hydrogen-bond donors (Lipinski definition) is 2. The van der Waals surface area contributed by atoms with Gasteiger partial charge < -0.3 is 25.0 Å². The van der Waals surface area contributed by atoms with E-state index in [1.165, 1.54) is 0 Å². The maximum Gasteiger partial charge on any atom is 0.491 e. The SMILES string of the molecule is CN(CCN1CCC(OC(=O)Nc2ccccc2-c2ccccc2)CC1)C(=O)c1ccc(CN2CCC(N)(C(=O)OC(=O)C(F)(F)F)CC2)cc1. The summed E-state index contributed by atoms with van der Waals surface area (Å²) < 4.78 is 47.1. The van der Waals surface area contributed by atoms with Crippen LogP contribution in [0.15, 0.2) is 78.9 Å². The molecule has 2 saturated heterocycles. The van der Waals surface area contributed by atoms with Crippen LogP contribution in [0.4, 0.5) is 23.7 Å². The van der Waals surface area contributed by atoms with Crippen LogP contribution in [0.2, 0.25) is 0 Å². The second kappa shape index (κ2) is 16.5. The number of amides is 2. The van der Waals surface area contributed by atoms with Gasteiger partial charge in [0, 0.05) is 64.0 Å². The molecule has 3 aromatic rings. The average Bonchev–Trinajstić information content (AvgIpc) is 3.12. The molecule has 0 bridgehead atoms. The van der Waals surface area contributed by atoms with Crippen molar-refractivity contribution in [1.82, 2.24) is 14.7 Å². The topological polar surface area (TPSA) is 135 Å². The first-order valence-corrected chi connectivity index (χ1v) is 16.8. The lowest BCUT2D eigenvalue weighted by molar-refractivity contribution is -0.204. The summed E-state index contributed by atoms with van der Waals surface area (Å²) in [4.78, 5) is 54.9. The molecular weight excluding hydrogens is 667 g/mol. The molecule has 2 aliphatic rings. The lowest BCUT2D eigenvalue weighted by atomic mass is 9.88. The largest absolute Gasteiger partial charge is 0.491 e. The van der Waals surface area contributed by atoms with E-state index in [1.807, 2.05) is 71.6 Å². The van der Waals surface area contributed by atoms with Crippen LogP contribution in [0, 0.1) is 0 Å². The van der Waals surface area contributed by atoms with E-state index in [0.29, 0.717) is 56.8 Å². The maximum atomic E-state index is 13.1. The molecule has 2 aliphatic heterocycles. The van der Waals surface area contributed by atoms with Crippen LogP contribution in [0.5, 0.6) is 0 Å². The van der Waals surface area contributed by atoms with Crippen LogP contribution in [0.1, 0.15) is 41.6 Å². The predicted octanol–water partition coefficient (Wildman–Crippen LogP) is 5.06. The summed E-state index contributed by atoms with van der Waals surface area (Å²) in [5.41, 5.74) is 8.36. The van der Waals surface area contributed by atoms with Crippen LogP contribution in [0.3, 0.4) is 0 Å². The number of carbonyl (C=O) groups is 4. The Morgan fingerprint density at radius 1 is 0.882 bits per heavy atom. The molecule has 0 saturated carbocycles. The molecular formula is C37H42F3N5O6. The number of nitrogens with zero attached hydrogens (tertiary/aromatic N) is 3. The summed E-state index contributed by atoms with van der Waals surface area (Å²) >= 11 is 0. The lowest BCUT2D eigenvalue weighted by Crippen LogP contribution is -2.57. The Kier molecular flexibility index (Phi) is 12.1. The highest BCUT2D eigenvalue weighted by Gasteiger charge is 2.47. The average molecular weight is 710 g/mol. The number of anilines is 1. The zero-order chi connectivity index (χ0) is 36.6. The van der Waals surface area contributed by atoms with E-state index in [2.05, 4.69) is 15.0 Å². The Morgan fingerprint density at radius 2 is 1.51 bits per heavy atom. The molecule has 2 fully saturated rings. The number of para-hydroxylation sites is 1. The number of piperidine rings is 2. The fourth-order valence-corrected chi connectivity index (χ4v) is 6.19. The van der Waals surface area contributed by atoms with Crippen LogP contribution in [-0.2, 0) is 25.6 Å². The monoisotopic (exact) mass is 709 g/mol. The van der Waals surface area contributed by atoms with E-state index in [9.17, 15) is 32.3 Å². The summed E-state index contributed by atoms with van der Waals surface area (Å²) in [7, 11) is 1.75. The van der Waals surface area contributed by atoms with Crippen molar-refractivity contribution in [3.63, 3.8) is 0 Å². The fourth-order valence-electron chi connectivity index (χ4n) is 6.19. The van der Waals surface area contributed by atoms with Gasteiger partial charge in [-0.2, -0.15) is 13.2 Å². The molecule has 14 heteroatoms. The Hall–Kier alpha value is -4.79. The number of halogens is 3. The number of hydrogen-bond acceptors (Lipinski definition) is 9. The van der Waals surface area contributed by atoms with Gasteiger partial charge >= 0.3 is 24.2 Å². The predicted molar refractivity (Wildman–Crippen MR) is 183 cm³/mol. The molecule has 3 aromatic carbocycles. The smallest absolute Gasteiger partial charge is 0.446 e. The maximum absolute atomic E-state index is 13.1. The summed E-state index contributed by atoms with van der Waals surface area (Å²) in [5.74, 6) is -4.07. The number of esters is 2. The molecule has 0 radical (unpaired) electrons. The molecule has 5 rings (SSSR count). The third-order valence-electron chi connectivity index (χ3n) is 9.33. The molecule has 0 unspecified atom stereocenters. The molecule has 0 spiro atoms. The summed E-state index contributed by atoms with van der Waals surface area (Å²) in [5, 5.41) is 2.90. The Labute approximate surface area is 294 Å². The van der Waals surface area contributed by atoms with Gasteiger partial charge in [0.2, 0.25) is 0 Å². The van der Waals surface area contributed by atoms with Gasteiger partial charge in [0.05, 0.1) is 5.69 Å². The van der Waals surface area contributed by atoms with Crippen molar-refractivity contribution in [2.45, 2.75) is 50.0 Å². The standard InChI is InChI=1S/C37H42F3N5O6/c1-43(23-24-44-19-15-29(16-20-44)50-35(49)42-31-10-6-5-9-30(31)27-7-3-2-4-8-27)32(46)28-13-11-26(12-14-28)25-45-21-17-36(41,18-22-45)33(47)51-34(48)37(38,39)40/h2-14,29H,15-25,41H2,1H3,(H,42,49). The Morgan fingerprint density at radius 3 is 2.16 bits per heavy atom. The highest BCUT2D eigenvalue weighted by atomic mass is 19.4. The quantitative estimate of drug-likeness (QED) is 0.219. The van der Waals surface area contributed by atoms with Crippen LogP contribution in [-0.4, -0.2) is 103 Å². The van der Waals surface area contributed by atoms with Gasteiger partial charge in [0.15, 0.2) is 0 Å². The number of nitrogens with one attached hydrogen (secondary N) is 1. The molecule has 51 heavy (non-hydrogen) atoms. The molecule has 2 amide bonds. The number of likely N-dealkylation sites (N-methyl/N-ethyl adjacent to an activating group) is 1. The third-order valence-corrected chi connectivity index (χ3v) is 9.33. The van der Waals surface area contributed by atoms with E-state index in [4.69, 9.17) is 10.5 Å². The van der Waals surface area contributed by atoms with Gasteiger partial charge in [-0.3, -0.25) is 15.0 Å². The lowest BCUT2D eigenvalue weighted by Gasteiger charge is -2.37. The van der Waals surface area contributed by atoms with Crippen molar-refractivity contribution in [1.29, 1.82) is 0 Å². The van der Waals surface area contributed by atoms with Crippen molar-refractivity contribution in [2.24, 2.45) is 5.73 Å². The number of ether oxygens (including phenoxy) is 2. The second-order valence-corrected chi connectivity index (χ2v) is 13.0. The van der Waals surface area contributed by atoms with Crippen molar-refractivity contribution in [3.8, 4) is 11.1 Å². The zero-order valence-corrected chi connectivity index (χ0v) is 28.4. The Balaban J connectivity index is 1.00. The van der Waals surface area contributed by atoms with Crippen LogP contribution in [0.25, 0.3) is 11.1 Å². The minimum Gasteiger partial charge on any atom is -0.446 e. The zero-order valence-electron chi connectivity index (χ0n) is 28.4. The molecule has 0 atom stereocenters. The van der Waals surface area contributed by atoms with Gasteiger partial charge in [-0.15, -0.1) is 0 Å². The fraction of sp³-hybridized carbons (Fsp3) is 0.405. The Bertz CT molecular complexity index is 1670. The number of nitrogens with two attached hydrogens (primary N) is 1. The van der Waals surface area contributed by atoms with Gasteiger partial charge in [0.1, 0.15) is 11.6 Å². The second-order valence-electron chi connectivity index (χ2n) is 13.0. The van der Waals surface area contributed by atoms with Crippen LogP contribution < -0.4 is 11.1 Å². The molecule has 272 valence electrons. The van der Waals surface area contributed by atoms with Crippen molar-refractivity contribution in [3.05, 3.63) is 90.0 Å². The molecule has 3 N–H and O–H groups in total. The molecule has 11 nitrogen and oxygen atoms in total. The first kappa shape index (κ1) is 37.5. The minimum atomic E-state index is -5.28. The van der Waals surface area contributed by atoms with Gasteiger partial charge in [-0.05, 0) is 55.0 Å². The first-order valence-electron chi connectivity index (χ1n) is 16.8. The van der Waals surface area contributed by atoms with Crippen molar-refractivity contribution in [2.75, 3.05) is 51.6 Å². The summed E-state index contributed by atoms with van der Waals surface area (Å²) in [6.07, 6.45) is -4.51. The van der Waals surface area contributed by atoms with Gasteiger partial charge in [-0.1, -0.05) is 60.7 Å².